The van der Waals surface area contributed by atoms with Crippen LogP contribution in [0.25, 0.3) is 0 Å². The first-order chi connectivity index (χ1) is 8.29. The van der Waals surface area contributed by atoms with E-state index in [1.54, 1.807) is 12.1 Å². The second-order valence-electron chi connectivity index (χ2n) is 4.32. The van der Waals surface area contributed by atoms with E-state index in [9.17, 15) is 4.79 Å². The van der Waals surface area contributed by atoms with Gasteiger partial charge in [-0.1, -0.05) is 0 Å². The Morgan fingerprint density at radius 2 is 2.00 bits per heavy atom. The zero-order chi connectivity index (χ0) is 12.1. The molecule has 5 heteroatoms. The summed E-state index contributed by atoms with van der Waals surface area (Å²) in [4.78, 5) is 11.6. The fourth-order valence-electron chi connectivity index (χ4n) is 1.49. The molecule has 1 aromatic rings. The Morgan fingerprint density at radius 1 is 1.33 bits per heavy atom. The second kappa shape index (κ2) is 7.24. The number of ether oxygens (including phenoxy) is 1. The number of nitrogens with one attached hydrogen (secondary N) is 1. The minimum absolute atomic E-state index is 0. The molecule has 1 amide bonds. The lowest BCUT2D eigenvalue weighted by molar-refractivity contribution is 0.0954. The van der Waals surface area contributed by atoms with Crippen molar-refractivity contribution in [1.82, 2.24) is 5.32 Å². The maximum atomic E-state index is 11.6. The Hall–Kier alpha value is -1.26. The van der Waals surface area contributed by atoms with Gasteiger partial charge in [0.15, 0.2) is 0 Å². The standard InChI is InChI=1S/C13H18N2O2.ClH/c14-7-8-15-13(16)11-3-5-12(6-4-11)17-9-10-1-2-10;/h3-6,10H,1-2,7-9,14H2,(H,15,16);1H. The SMILES string of the molecule is Cl.NCCNC(=O)c1ccc(OCC2CC2)cc1. The van der Waals surface area contributed by atoms with Crippen LogP contribution < -0.4 is 15.8 Å². The highest BCUT2D eigenvalue weighted by Crippen LogP contribution is 2.29. The lowest BCUT2D eigenvalue weighted by atomic mass is 10.2. The van der Waals surface area contributed by atoms with Crippen LogP contribution in [0.4, 0.5) is 0 Å². The van der Waals surface area contributed by atoms with Gasteiger partial charge in [-0.3, -0.25) is 4.79 Å². The first kappa shape index (κ1) is 14.8. The van der Waals surface area contributed by atoms with Crippen molar-refractivity contribution >= 4 is 18.3 Å². The number of benzene rings is 1. The van der Waals surface area contributed by atoms with Gasteiger partial charge in [0.1, 0.15) is 5.75 Å². The van der Waals surface area contributed by atoms with Crippen molar-refractivity contribution < 1.29 is 9.53 Å². The molecule has 3 N–H and O–H groups in total. The normalized spacial score (nSPS) is 13.6. The molecule has 1 fully saturated rings. The van der Waals surface area contributed by atoms with E-state index in [1.807, 2.05) is 12.1 Å². The molecule has 100 valence electrons. The largest absolute Gasteiger partial charge is 0.493 e. The van der Waals surface area contributed by atoms with Gasteiger partial charge in [-0.15, -0.1) is 12.4 Å². The summed E-state index contributed by atoms with van der Waals surface area (Å²) in [6.07, 6.45) is 2.55. The molecule has 1 aliphatic rings. The lowest BCUT2D eigenvalue weighted by Gasteiger charge is -2.06. The van der Waals surface area contributed by atoms with Gasteiger partial charge in [0.05, 0.1) is 6.61 Å². The van der Waals surface area contributed by atoms with E-state index in [4.69, 9.17) is 10.5 Å². The van der Waals surface area contributed by atoms with Crippen LogP contribution in [0.3, 0.4) is 0 Å². The van der Waals surface area contributed by atoms with Gasteiger partial charge in [0.2, 0.25) is 0 Å². The number of hydrogen-bond acceptors (Lipinski definition) is 3. The molecule has 0 aliphatic heterocycles. The van der Waals surface area contributed by atoms with Gasteiger partial charge in [0, 0.05) is 18.7 Å². The first-order valence-corrected chi connectivity index (χ1v) is 6.00. The molecule has 0 radical (unpaired) electrons. The number of amides is 1. The Kier molecular flexibility index (Phi) is 5.95. The van der Waals surface area contributed by atoms with Crippen molar-refractivity contribution in [1.29, 1.82) is 0 Å². The van der Waals surface area contributed by atoms with Crippen LogP contribution in [0.5, 0.6) is 5.75 Å². The van der Waals surface area contributed by atoms with E-state index in [0.29, 0.717) is 18.7 Å². The summed E-state index contributed by atoms with van der Waals surface area (Å²) in [6.45, 7) is 1.74. The second-order valence-corrected chi connectivity index (χ2v) is 4.32. The van der Waals surface area contributed by atoms with Gasteiger partial charge in [0.25, 0.3) is 5.91 Å². The number of rotatable bonds is 6. The Balaban J connectivity index is 0.00000162. The van der Waals surface area contributed by atoms with Crippen molar-refractivity contribution in [2.75, 3.05) is 19.7 Å². The molecule has 0 spiro atoms. The fraction of sp³-hybridized carbons (Fsp3) is 0.462. The van der Waals surface area contributed by atoms with Crippen molar-refractivity contribution in [3.8, 4) is 5.75 Å². The van der Waals surface area contributed by atoms with Crippen molar-refractivity contribution in [3.05, 3.63) is 29.8 Å². The minimum atomic E-state index is -0.0933. The fourth-order valence-corrected chi connectivity index (χ4v) is 1.49. The van der Waals surface area contributed by atoms with Gasteiger partial charge >= 0.3 is 0 Å². The van der Waals surface area contributed by atoms with Crippen molar-refractivity contribution in [2.24, 2.45) is 11.7 Å². The monoisotopic (exact) mass is 270 g/mol. The third kappa shape index (κ3) is 4.55. The van der Waals surface area contributed by atoms with Crippen LogP contribution in [0, 0.1) is 5.92 Å². The number of nitrogens with two attached hydrogens (primary N) is 1. The van der Waals surface area contributed by atoms with Crippen LogP contribution in [-0.4, -0.2) is 25.6 Å². The zero-order valence-corrected chi connectivity index (χ0v) is 11.0. The predicted molar refractivity (Wildman–Crippen MR) is 73.3 cm³/mol. The van der Waals surface area contributed by atoms with Crippen LogP contribution in [0.1, 0.15) is 23.2 Å². The molecule has 4 nitrogen and oxygen atoms in total. The molecule has 1 aromatic carbocycles. The van der Waals surface area contributed by atoms with Crippen molar-refractivity contribution in [3.63, 3.8) is 0 Å². The quantitative estimate of drug-likeness (QED) is 0.825. The maximum Gasteiger partial charge on any atom is 0.251 e. The minimum Gasteiger partial charge on any atom is -0.493 e. The number of carbonyl (C=O) groups is 1. The molecule has 1 saturated carbocycles. The molecule has 0 aromatic heterocycles. The Morgan fingerprint density at radius 3 is 2.56 bits per heavy atom. The zero-order valence-electron chi connectivity index (χ0n) is 10.2. The average molecular weight is 271 g/mol. The van der Waals surface area contributed by atoms with Gasteiger partial charge < -0.3 is 15.8 Å². The maximum absolute atomic E-state index is 11.6. The summed E-state index contributed by atoms with van der Waals surface area (Å²) in [7, 11) is 0. The molecular formula is C13H19ClN2O2. The molecule has 2 rings (SSSR count). The summed E-state index contributed by atoms with van der Waals surface area (Å²) in [5.41, 5.74) is 5.95. The molecule has 0 bridgehead atoms. The molecule has 1 aliphatic carbocycles. The lowest BCUT2D eigenvalue weighted by Crippen LogP contribution is -2.28. The predicted octanol–water partition coefficient (Wildman–Crippen LogP) is 1.59. The molecule has 0 atom stereocenters. The summed E-state index contributed by atoms with van der Waals surface area (Å²) in [6, 6.07) is 7.21. The first-order valence-electron chi connectivity index (χ1n) is 6.00. The van der Waals surface area contributed by atoms with Crippen LogP contribution >= 0.6 is 12.4 Å². The molecule has 0 unspecified atom stereocenters. The number of carbonyl (C=O) groups excluding carboxylic acids is 1. The van der Waals surface area contributed by atoms with Gasteiger partial charge in [-0.05, 0) is 43.0 Å². The molecule has 0 heterocycles. The third-order valence-corrected chi connectivity index (χ3v) is 2.73. The third-order valence-electron chi connectivity index (χ3n) is 2.73. The van der Waals surface area contributed by atoms with E-state index in [1.165, 1.54) is 12.8 Å². The average Bonchev–Trinajstić information content (AvgIpc) is 3.18. The molecule has 18 heavy (non-hydrogen) atoms. The highest BCUT2D eigenvalue weighted by atomic mass is 35.5. The van der Waals surface area contributed by atoms with E-state index in [0.717, 1.165) is 18.3 Å². The summed E-state index contributed by atoms with van der Waals surface area (Å²) in [5, 5.41) is 2.72. The molecule has 0 saturated heterocycles. The van der Waals surface area contributed by atoms with Crippen LogP contribution in [0.15, 0.2) is 24.3 Å². The van der Waals surface area contributed by atoms with Gasteiger partial charge in [-0.2, -0.15) is 0 Å². The number of halogens is 1. The topological polar surface area (TPSA) is 64.3 Å². The van der Waals surface area contributed by atoms with E-state index < -0.39 is 0 Å². The van der Waals surface area contributed by atoms with Crippen molar-refractivity contribution in [2.45, 2.75) is 12.8 Å². The van der Waals surface area contributed by atoms with E-state index in [2.05, 4.69) is 5.32 Å². The highest BCUT2D eigenvalue weighted by Gasteiger charge is 2.21. The summed E-state index contributed by atoms with van der Waals surface area (Å²) in [5.74, 6) is 1.47. The smallest absolute Gasteiger partial charge is 0.251 e. The summed E-state index contributed by atoms with van der Waals surface area (Å²) >= 11 is 0. The van der Waals surface area contributed by atoms with Crippen LogP contribution in [0.2, 0.25) is 0 Å². The Bertz CT molecular complexity index is 377. The van der Waals surface area contributed by atoms with Crippen LogP contribution in [-0.2, 0) is 0 Å². The van der Waals surface area contributed by atoms with E-state index >= 15 is 0 Å². The summed E-state index contributed by atoms with van der Waals surface area (Å²) < 4.78 is 5.59. The Labute approximate surface area is 113 Å². The molecular weight excluding hydrogens is 252 g/mol. The van der Waals surface area contributed by atoms with Gasteiger partial charge in [-0.25, -0.2) is 0 Å². The highest BCUT2D eigenvalue weighted by molar-refractivity contribution is 5.94. The van der Waals surface area contributed by atoms with E-state index in [-0.39, 0.29) is 18.3 Å². The number of hydrogen-bond donors (Lipinski definition) is 2.